The van der Waals surface area contributed by atoms with Crippen LogP contribution in [0.1, 0.15) is 38.2 Å². The maximum Gasteiger partial charge on any atom is 0.328 e. The SMILES string of the molecule is CC1CCCC(NC(=O)NCCn2cc(C#N)c(=O)[nH]c2=O)C1. The predicted octanol–water partition coefficient (Wildman–Crippen LogP) is 0.286. The molecule has 8 nitrogen and oxygen atoms in total. The lowest BCUT2D eigenvalue weighted by molar-refractivity contribution is 0.227. The van der Waals surface area contributed by atoms with Crippen molar-refractivity contribution in [3.05, 3.63) is 32.6 Å². The molecule has 1 heterocycles. The van der Waals surface area contributed by atoms with Gasteiger partial charge in [0, 0.05) is 25.3 Å². The summed E-state index contributed by atoms with van der Waals surface area (Å²) >= 11 is 0. The Labute approximate surface area is 133 Å². The minimum atomic E-state index is -0.703. The lowest BCUT2D eigenvalue weighted by atomic mass is 9.87. The third-order valence-corrected chi connectivity index (χ3v) is 4.04. The number of nitrogens with one attached hydrogen (secondary N) is 3. The Hall–Kier alpha value is -2.56. The Morgan fingerprint density at radius 1 is 1.48 bits per heavy atom. The van der Waals surface area contributed by atoms with Crippen LogP contribution in [-0.4, -0.2) is 28.2 Å². The summed E-state index contributed by atoms with van der Waals surface area (Å²) in [6.07, 6.45) is 5.50. The summed E-state index contributed by atoms with van der Waals surface area (Å²) in [6.45, 7) is 2.59. The zero-order chi connectivity index (χ0) is 16.8. The lowest BCUT2D eigenvalue weighted by Gasteiger charge is -2.27. The van der Waals surface area contributed by atoms with Gasteiger partial charge in [0.05, 0.1) is 0 Å². The van der Waals surface area contributed by atoms with Gasteiger partial charge in [0.15, 0.2) is 0 Å². The zero-order valence-corrected chi connectivity index (χ0v) is 13.1. The molecule has 1 aliphatic carbocycles. The predicted molar refractivity (Wildman–Crippen MR) is 84.0 cm³/mol. The Bertz CT molecular complexity index is 715. The van der Waals surface area contributed by atoms with E-state index in [1.807, 2.05) is 0 Å². The van der Waals surface area contributed by atoms with Gasteiger partial charge in [-0.3, -0.25) is 14.3 Å². The second-order valence-corrected chi connectivity index (χ2v) is 5.98. The molecule has 2 amide bonds. The number of aromatic nitrogens is 2. The highest BCUT2D eigenvalue weighted by Gasteiger charge is 2.20. The van der Waals surface area contributed by atoms with Crippen LogP contribution in [0.5, 0.6) is 0 Å². The van der Waals surface area contributed by atoms with Crippen molar-refractivity contribution in [1.82, 2.24) is 20.2 Å². The van der Waals surface area contributed by atoms with E-state index in [0.29, 0.717) is 5.92 Å². The second kappa shape index (κ2) is 7.63. The fourth-order valence-electron chi connectivity index (χ4n) is 2.85. The number of nitrogens with zero attached hydrogens (tertiary/aromatic N) is 2. The first-order valence-electron chi connectivity index (χ1n) is 7.78. The van der Waals surface area contributed by atoms with Gasteiger partial charge in [0.1, 0.15) is 11.6 Å². The van der Waals surface area contributed by atoms with E-state index in [4.69, 9.17) is 5.26 Å². The van der Waals surface area contributed by atoms with Crippen LogP contribution in [0.2, 0.25) is 0 Å². The quantitative estimate of drug-likeness (QED) is 0.738. The van der Waals surface area contributed by atoms with Crippen LogP contribution in [0.15, 0.2) is 15.8 Å². The van der Waals surface area contributed by atoms with E-state index >= 15 is 0 Å². The molecule has 0 spiro atoms. The minimum absolute atomic E-state index is 0.134. The fourth-order valence-corrected chi connectivity index (χ4v) is 2.85. The molecule has 0 bridgehead atoms. The van der Waals surface area contributed by atoms with Crippen LogP contribution >= 0.6 is 0 Å². The van der Waals surface area contributed by atoms with Crippen molar-refractivity contribution >= 4 is 6.03 Å². The highest BCUT2D eigenvalue weighted by atomic mass is 16.2. The monoisotopic (exact) mass is 319 g/mol. The van der Waals surface area contributed by atoms with Crippen LogP contribution in [0.3, 0.4) is 0 Å². The van der Waals surface area contributed by atoms with Gasteiger partial charge < -0.3 is 10.6 Å². The maximum absolute atomic E-state index is 11.9. The van der Waals surface area contributed by atoms with Gasteiger partial charge in [-0.05, 0) is 18.8 Å². The molecule has 1 aromatic heterocycles. The van der Waals surface area contributed by atoms with Gasteiger partial charge in [0.25, 0.3) is 5.56 Å². The Morgan fingerprint density at radius 2 is 2.26 bits per heavy atom. The molecule has 23 heavy (non-hydrogen) atoms. The van der Waals surface area contributed by atoms with Crippen molar-refractivity contribution in [2.75, 3.05) is 6.54 Å². The second-order valence-electron chi connectivity index (χ2n) is 5.98. The summed E-state index contributed by atoms with van der Waals surface area (Å²) in [5.41, 5.74) is -1.44. The van der Waals surface area contributed by atoms with Crippen LogP contribution < -0.4 is 21.9 Å². The van der Waals surface area contributed by atoms with E-state index in [1.54, 1.807) is 6.07 Å². The van der Waals surface area contributed by atoms with Gasteiger partial charge in [-0.15, -0.1) is 0 Å². The Balaban J connectivity index is 1.83. The number of nitriles is 1. The molecule has 0 aliphatic heterocycles. The van der Waals surface area contributed by atoms with E-state index in [2.05, 4.69) is 22.5 Å². The molecule has 0 aromatic carbocycles. The zero-order valence-electron chi connectivity index (χ0n) is 13.1. The summed E-state index contributed by atoms with van der Waals surface area (Å²) < 4.78 is 1.20. The third-order valence-electron chi connectivity index (χ3n) is 4.04. The van der Waals surface area contributed by atoms with Crippen molar-refractivity contribution < 1.29 is 4.79 Å². The Morgan fingerprint density at radius 3 is 2.96 bits per heavy atom. The highest BCUT2D eigenvalue weighted by Crippen LogP contribution is 2.23. The average Bonchev–Trinajstić information content (AvgIpc) is 2.49. The summed E-state index contributed by atoms with van der Waals surface area (Å²) in [6, 6.07) is 1.65. The van der Waals surface area contributed by atoms with Gasteiger partial charge in [-0.2, -0.15) is 5.26 Å². The largest absolute Gasteiger partial charge is 0.336 e. The number of rotatable bonds is 4. The number of hydrogen-bond donors (Lipinski definition) is 3. The first-order chi connectivity index (χ1) is 11.0. The molecule has 1 saturated carbocycles. The number of carbonyl (C=O) groups is 1. The van der Waals surface area contributed by atoms with Gasteiger partial charge in [-0.25, -0.2) is 9.59 Å². The van der Waals surface area contributed by atoms with Crippen molar-refractivity contribution in [3.8, 4) is 6.07 Å². The normalized spacial score (nSPS) is 20.5. The first-order valence-corrected chi connectivity index (χ1v) is 7.78. The van der Waals surface area contributed by atoms with Crippen molar-refractivity contribution in [3.63, 3.8) is 0 Å². The molecule has 2 atom stereocenters. The average molecular weight is 319 g/mol. The molecule has 0 saturated heterocycles. The van der Waals surface area contributed by atoms with E-state index in [-0.39, 0.29) is 30.7 Å². The van der Waals surface area contributed by atoms with Crippen LogP contribution in [0.25, 0.3) is 0 Å². The molecule has 3 N–H and O–H groups in total. The summed E-state index contributed by atoms with van der Waals surface area (Å²) in [4.78, 5) is 36.8. The topological polar surface area (TPSA) is 120 Å². The van der Waals surface area contributed by atoms with Gasteiger partial charge in [0.2, 0.25) is 0 Å². The molecule has 1 aromatic rings. The lowest BCUT2D eigenvalue weighted by Crippen LogP contribution is -2.45. The van der Waals surface area contributed by atoms with Gasteiger partial charge >= 0.3 is 11.7 Å². The summed E-state index contributed by atoms with van der Waals surface area (Å²) in [7, 11) is 0. The number of hydrogen-bond acceptors (Lipinski definition) is 4. The highest BCUT2D eigenvalue weighted by molar-refractivity contribution is 5.74. The molecule has 1 aliphatic rings. The molecular formula is C15H21N5O3. The molecular weight excluding hydrogens is 298 g/mol. The molecule has 0 radical (unpaired) electrons. The van der Waals surface area contributed by atoms with E-state index in [0.717, 1.165) is 19.3 Å². The minimum Gasteiger partial charge on any atom is -0.336 e. The molecule has 2 unspecified atom stereocenters. The van der Waals surface area contributed by atoms with Crippen LogP contribution in [0, 0.1) is 17.2 Å². The number of amides is 2. The van der Waals surface area contributed by atoms with E-state index in [1.165, 1.54) is 17.2 Å². The van der Waals surface area contributed by atoms with Crippen molar-refractivity contribution in [2.24, 2.45) is 5.92 Å². The van der Waals surface area contributed by atoms with Crippen LogP contribution in [0.4, 0.5) is 4.79 Å². The van der Waals surface area contributed by atoms with Crippen molar-refractivity contribution in [1.29, 1.82) is 5.26 Å². The third kappa shape index (κ3) is 4.71. The molecule has 1 fully saturated rings. The van der Waals surface area contributed by atoms with E-state index < -0.39 is 11.2 Å². The molecule has 2 rings (SSSR count). The van der Waals surface area contributed by atoms with Gasteiger partial charge in [-0.1, -0.05) is 19.8 Å². The summed E-state index contributed by atoms with van der Waals surface area (Å²) in [5, 5.41) is 14.4. The maximum atomic E-state index is 11.9. The molecule has 124 valence electrons. The van der Waals surface area contributed by atoms with E-state index in [9.17, 15) is 14.4 Å². The number of urea groups is 1. The molecule has 8 heteroatoms. The summed E-state index contributed by atoms with van der Waals surface area (Å²) in [5.74, 6) is 0.623. The first kappa shape index (κ1) is 16.8. The number of H-pyrrole nitrogens is 1. The smallest absolute Gasteiger partial charge is 0.328 e. The number of aromatic amines is 1. The van der Waals surface area contributed by atoms with Crippen molar-refractivity contribution in [2.45, 2.75) is 45.2 Å². The van der Waals surface area contributed by atoms with Crippen LogP contribution in [-0.2, 0) is 6.54 Å². The number of carbonyl (C=O) groups excluding carboxylic acids is 1. The Kier molecular flexibility index (Phi) is 5.57. The fraction of sp³-hybridized carbons (Fsp3) is 0.600. The standard InChI is InChI=1S/C15H21N5O3/c1-10-3-2-4-12(7-10)18-14(22)17-5-6-20-9-11(8-16)13(21)19-15(20)23/h9-10,12H,2-7H2,1H3,(H2,17,18,22)(H,19,21,23).